The molecule has 0 radical (unpaired) electrons. The Morgan fingerprint density at radius 3 is 3.17 bits per heavy atom. The molecule has 1 heterocycles. The molecule has 1 aliphatic carbocycles. The maximum absolute atomic E-state index is 12.1. The number of rotatable bonds is 1. The van der Waals surface area contributed by atoms with Crippen LogP contribution in [0.3, 0.4) is 0 Å². The van der Waals surface area contributed by atoms with Gasteiger partial charge >= 0.3 is 0 Å². The van der Waals surface area contributed by atoms with E-state index >= 15 is 0 Å². The van der Waals surface area contributed by atoms with Crippen LogP contribution in [0, 0.1) is 5.92 Å². The lowest BCUT2D eigenvalue weighted by Crippen LogP contribution is -2.13. The van der Waals surface area contributed by atoms with Gasteiger partial charge in [0.15, 0.2) is 5.78 Å². The van der Waals surface area contributed by atoms with Crippen molar-refractivity contribution >= 4 is 17.9 Å². The Hall–Kier alpha value is -0.770. The lowest BCUT2D eigenvalue weighted by atomic mass is 9.96. The molecular weight excluding hydrogens is 179 g/mol. The van der Waals surface area contributed by atoms with Crippen LogP contribution in [0.25, 0.3) is 0 Å². The molecule has 4 heteroatoms. The fraction of sp³-hybridized carbons (Fsp3) is 0.375. The Balaban J connectivity index is 2.30. The van der Waals surface area contributed by atoms with Gasteiger partial charge in [0.05, 0.1) is 24.7 Å². The first-order valence-corrected chi connectivity index (χ1v) is 4.41. The summed E-state index contributed by atoms with van der Waals surface area (Å²) in [6, 6.07) is 0. The molecule has 0 aromatic heterocycles. The number of hydrogen-bond donors (Lipinski definition) is 0. The van der Waals surface area contributed by atoms with E-state index in [1.54, 1.807) is 6.08 Å². The monoisotopic (exact) mass is 186 g/mol. The van der Waals surface area contributed by atoms with E-state index in [2.05, 4.69) is 0 Å². The van der Waals surface area contributed by atoms with E-state index in [0.717, 1.165) is 6.42 Å². The Morgan fingerprint density at radius 2 is 2.42 bits per heavy atom. The summed E-state index contributed by atoms with van der Waals surface area (Å²) in [7, 11) is 0. The average molecular weight is 186 g/mol. The second kappa shape index (κ2) is 2.94. The Labute approximate surface area is 73.8 Å². The topological polar surface area (TPSA) is 26.3 Å². The van der Waals surface area contributed by atoms with E-state index in [4.69, 9.17) is 4.74 Å². The number of carbonyl (C=O) groups is 1. The summed E-state index contributed by atoms with van der Waals surface area (Å²) in [4.78, 5) is 11.6. The predicted molar refractivity (Wildman–Crippen MR) is 43.9 cm³/mol. The van der Waals surface area contributed by atoms with Gasteiger partial charge in [0, 0.05) is 4.91 Å². The van der Waals surface area contributed by atoms with Gasteiger partial charge in [-0.25, -0.2) is 0 Å². The van der Waals surface area contributed by atoms with E-state index in [1.165, 1.54) is 6.08 Å². The minimum atomic E-state index is -0.138. The van der Waals surface area contributed by atoms with Gasteiger partial charge in [0.1, 0.15) is 5.76 Å². The highest BCUT2D eigenvalue weighted by atomic mass is 32.2. The zero-order chi connectivity index (χ0) is 8.55. The summed E-state index contributed by atoms with van der Waals surface area (Å²) >= 11 is 0.0823. The highest BCUT2D eigenvalue weighted by molar-refractivity contribution is 7.98. The van der Waals surface area contributed by atoms with Crippen molar-refractivity contribution in [2.45, 2.75) is 6.42 Å². The smallest absolute Gasteiger partial charge is 0.167 e. The standard InChI is InChI=1S/C8H7FO2S/c9-12-5-3-7(10)6-1-2-11-8(6)4-5/h3-4,6H,1-2H2. The highest BCUT2D eigenvalue weighted by Gasteiger charge is 2.31. The van der Waals surface area contributed by atoms with Crippen LogP contribution in [0.2, 0.25) is 0 Å². The minimum Gasteiger partial charge on any atom is -0.497 e. The molecular formula is C8H7FO2S. The molecule has 0 spiro atoms. The maximum atomic E-state index is 12.1. The Bertz CT molecular complexity index is 283. The first-order valence-electron chi connectivity index (χ1n) is 3.70. The fourth-order valence-corrected chi connectivity index (χ4v) is 1.75. The van der Waals surface area contributed by atoms with Gasteiger partial charge in [-0.15, -0.1) is 0 Å². The number of carbonyl (C=O) groups excluding carboxylic acids is 1. The van der Waals surface area contributed by atoms with Crippen molar-refractivity contribution in [1.29, 1.82) is 0 Å². The van der Waals surface area contributed by atoms with Crippen LogP contribution in [0.15, 0.2) is 22.8 Å². The van der Waals surface area contributed by atoms with Crippen LogP contribution >= 0.6 is 12.1 Å². The molecule has 1 aliphatic heterocycles. The van der Waals surface area contributed by atoms with Gasteiger partial charge in [-0.1, -0.05) is 0 Å². The number of halogens is 1. The van der Waals surface area contributed by atoms with Crippen LogP contribution in [0.1, 0.15) is 6.42 Å². The molecule has 2 rings (SSSR count). The third-order valence-electron chi connectivity index (χ3n) is 2.02. The summed E-state index contributed by atoms with van der Waals surface area (Å²) < 4.78 is 17.3. The maximum Gasteiger partial charge on any atom is 0.167 e. The van der Waals surface area contributed by atoms with E-state index in [1.807, 2.05) is 0 Å². The van der Waals surface area contributed by atoms with Gasteiger partial charge in [-0.3, -0.25) is 4.79 Å². The molecule has 1 saturated heterocycles. The summed E-state index contributed by atoms with van der Waals surface area (Å²) in [6.45, 7) is 0.570. The zero-order valence-electron chi connectivity index (χ0n) is 6.25. The van der Waals surface area contributed by atoms with Gasteiger partial charge in [-0.2, -0.15) is 3.89 Å². The van der Waals surface area contributed by atoms with E-state index in [-0.39, 0.29) is 23.8 Å². The van der Waals surface area contributed by atoms with Crippen molar-refractivity contribution in [1.82, 2.24) is 0 Å². The van der Waals surface area contributed by atoms with Crippen molar-refractivity contribution in [2.24, 2.45) is 5.92 Å². The predicted octanol–water partition coefficient (Wildman–Crippen LogP) is 1.99. The van der Waals surface area contributed by atoms with Crippen LogP contribution < -0.4 is 0 Å². The molecule has 0 aromatic carbocycles. The summed E-state index contributed by atoms with van der Waals surface area (Å²) in [6.07, 6.45) is 3.67. The van der Waals surface area contributed by atoms with E-state index in [0.29, 0.717) is 17.3 Å². The zero-order valence-corrected chi connectivity index (χ0v) is 7.07. The second-order valence-corrected chi connectivity index (χ2v) is 3.39. The normalized spacial score (nSPS) is 27.4. The van der Waals surface area contributed by atoms with Crippen molar-refractivity contribution in [3.8, 4) is 0 Å². The van der Waals surface area contributed by atoms with Gasteiger partial charge < -0.3 is 4.74 Å². The lowest BCUT2D eigenvalue weighted by Gasteiger charge is -2.11. The number of allylic oxidation sites excluding steroid dienone is 3. The summed E-state index contributed by atoms with van der Waals surface area (Å²) in [5.41, 5.74) is 0. The Morgan fingerprint density at radius 1 is 1.58 bits per heavy atom. The first-order chi connectivity index (χ1) is 5.81. The molecule has 0 N–H and O–H groups in total. The van der Waals surface area contributed by atoms with E-state index < -0.39 is 0 Å². The quantitative estimate of drug-likeness (QED) is 0.626. The van der Waals surface area contributed by atoms with Crippen molar-refractivity contribution < 1.29 is 13.4 Å². The SMILES string of the molecule is O=C1C=C(SF)C=C2OCCC12. The number of ketones is 1. The lowest BCUT2D eigenvalue weighted by molar-refractivity contribution is -0.117. The molecule has 1 unspecified atom stereocenters. The molecule has 1 fully saturated rings. The van der Waals surface area contributed by atoms with Crippen molar-refractivity contribution in [2.75, 3.05) is 6.61 Å². The van der Waals surface area contributed by atoms with Gasteiger partial charge in [0.2, 0.25) is 0 Å². The van der Waals surface area contributed by atoms with Crippen LogP contribution in [-0.4, -0.2) is 12.4 Å². The minimum absolute atomic E-state index is 0.0369. The highest BCUT2D eigenvalue weighted by Crippen LogP contribution is 2.34. The molecule has 12 heavy (non-hydrogen) atoms. The number of hydrogen-bond acceptors (Lipinski definition) is 3. The second-order valence-electron chi connectivity index (χ2n) is 2.76. The van der Waals surface area contributed by atoms with Gasteiger partial charge in [0.25, 0.3) is 0 Å². The average Bonchev–Trinajstić information content (AvgIpc) is 2.52. The van der Waals surface area contributed by atoms with Gasteiger partial charge in [-0.05, 0) is 18.6 Å². The van der Waals surface area contributed by atoms with Crippen LogP contribution in [0.4, 0.5) is 3.89 Å². The molecule has 1 atom stereocenters. The first kappa shape index (κ1) is 7.86. The van der Waals surface area contributed by atoms with Crippen LogP contribution in [-0.2, 0) is 9.53 Å². The number of ether oxygens (including phenoxy) is 1. The summed E-state index contributed by atoms with van der Waals surface area (Å²) in [5.74, 6) is 0.453. The van der Waals surface area contributed by atoms with Crippen molar-refractivity contribution in [3.63, 3.8) is 0 Å². The van der Waals surface area contributed by atoms with E-state index in [9.17, 15) is 8.68 Å². The molecule has 0 aromatic rings. The third kappa shape index (κ3) is 1.16. The molecule has 0 saturated carbocycles. The Kier molecular flexibility index (Phi) is 1.92. The largest absolute Gasteiger partial charge is 0.497 e. The number of fused-ring (bicyclic) bond motifs is 1. The fourth-order valence-electron chi connectivity index (χ4n) is 1.43. The third-order valence-corrected chi connectivity index (χ3v) is 2.43. The van der Waals surface area contributed by atoms with Crippen molar-refractivity contribution in [3.05, 3.63) is 22.8 Å². The molecule has 0 amide bonds. The molecule has 2 aliphatic rings. The molecule has 2 nitrogen and oxygen atoms in total. The summed E-state index contributed by atoms with van der Waals surface area (Å²) in [5, 5.41) is 0. The molecule has 64 valence electrons. The molecule has 0 bridgehead atoms. The van der Waals surface area contributed by atoms with Crippen LogP contribution in [0.5, 0.6) is 0 Å².